The number of rotatable bonds is 4. The van der Waals surface area contributed by atoms with Crippen LogP contribution in [0.3, 0.4) is 0 Å². The molecule has 10 heteroatoms. The van der Waals surface area contributed by atoms with E-state index in [9.17, 15) is 0 Å². The molecule has 0 spiro atoms. The van der Waals surface area contributed by atoms with E-state index in [1.54, 1.807) is 4.68 Å². The maximum atomic E-state index is 5.46. The van der Waals surface area contributed by atoms with Gasteiger partial charge in [-0.25, -0.2) is 4.68 Å². The Kier molecular flexibility index (Phi) is 3.92. The minimum Gasteiger partial charge on any atom is -0.334 e. The summed E-state index contributed by atoms with van der Waals surface area (Å²) in [5.41, 5.74) is 1.63. The highest BCUT2D eigenvalue weighted by Crippen LogP contribution is 2.21. The van der Waals surface area contributed by atoms with Crippen molar-refractivity contribution in [2.24, 2.45) is 0 Å². The Hall–Kier alpha value is -3.43. The van der Waals surface area contributed by atoms with Crippen LogP contribution >= 0.6 is 0 Å². The molecule has 5 rings (SSSR count). The van der Waals surface area contributed by atoms with E-state index >= 15 is 0 Å². The molecule has 10 nitrogen and oxygen atoms in total. The molecule has 0 saturated carbocycles. The van der Waals surface area contributed by atoms with E-state index in [2.05, 4.69) is 40.4 Å². The molecule has 1 aliphatic rings. The maximum absolute atomic E-state index is 5.46. The topological polar surface area (TPSA) is 113 Å². The number of benzene rings is 1. The highest BCUT2D eigenvalue weighted by molar-refractivity contribution is 5.57. The van der Waals surface area contributed by atoms with Crippen LogP contribution in [-0.4, -0.2) is 45.1 Å². The van der Waals surface area contributed by atoms with E-state index < -0.39 is 0 Å². The molecule has 3 aromatic heterocycles. The molecule has 136 valence electrons. The first-order valence-electron chi connectivity index (χ1n) is 8.94. The Morgan fingerprint density at radius 2 is 2.11 bits per heavy atom. The van der Waals surface area contributed by atoms with Crippen LogP contribution in [0.4, 0.5) is 0 Å². The summed E-state index contributed by atoms with van der Waals surface area (Å²) in [7, 11) is 0. The summed E-state index contributed by atoms with van der Waals surface area (Å²) in [6, 6.07) is 7.61. The molecule has 4 aromatic rings. The molecular weight excluding hydrogens is 346 g/mol. The van der Waals surface area contributed by atoms with Gasteiger partial charge in [-0.1, -0.05) is 17.6 Å². The van der Waals surface area contributed by atoms with Crippen LogP contribution in [0, 0.1) is 0 Å². The van der Waals surface area contributed by atoms with E-state index in [0.29, 0.717) is 18.1 Å². The predicted molar refractivity (Wildman–Crippen MR) is 92.8 cm³/mol. The molecule has 0 radical (unpaired) electrons. The molecule has 1 aliphatic heterocycles. The first kappa shape index (κ1) is 15.8. The van der Waals surface area contributed by atoms with Crippen LogP contribution in [0.2, 0.25) is 0 Å². The fourth-order valence-corrected chi connectivity index (χ4v) is 3.32. The van der Waals surface area contributed by atoms with Gasteiger partial charge in [0, 0.05) is 18.5 Å². The first-order chi connectivity index (χ1) is 13.4. The van der Waals surface area contributed by atoms with E-state index in [-0.39, 0.29) is 0 Å². The van der Waals surface area contributed by atoms with Gasteiger partial charge in [0.25, 0.3) is 5.89 Å². The largest absolute Gasteiger partial charge is 0.334 e. The van der Waals surface area contributed by atoms with E-state index in [4.69, 9.17) is 4.52 Å². The van der Waals surface area contributed by atoms with Crippen molar-refractivity contribution in [1.82, 2.24) is 45.1 Å². The number of tetrazole rings is 1. The minimum atomic E-state index is 0.454. The number of aryl methyl sites for hydroxylation is 1. The normalized spacial score (nSPS) is 14.1. The fraction of sp³-hybridized carbons (Fsp3) is 0.353. The van der Waals surface area contributed by atoms with Crippen molar-refractivity contribution in [3.8, 4) is 17.1 Å². The third-order valence-electron chi connectivity index (χ3n) is 4.68. The molecule has 0 fully saturated rings. The second-order valence-corrected chi connectivity index (χ2v) is 6.49. The molecule has 0 aliphatic carbocycles. The molecular formula is C17H17N9O. The summed E-state index contributed by atoms with van der Waals surface area (Å²) in [5.74, 6) is 3.00. The van der Waals surface area contributed by atoms with Crippen LogP contribution in [0.1, 0.15) is 36.7 Å². The highest BCUT2D eigenvalue weighted by atomic mass is 16.5. The van der Waals surface area contributed by atoms with Gasteiger partial charge in [-0.3, -0.25) is 0 Å². The number of aromatic nitrogens is 9. The van der Waals surface area contributed by atoms with Gasteiger partial charge in [-0.15, -0.1) is 15.3 Å². The van der Waals surface area contributed by atoms with Gasteiger partial charge >= 0.3 is 0 Å². The Labute approximate surface area is 154 Å². The highest BCUT2D eigenvalue weighted by Gasteiger charge is 2.18. The molecule has 0 N–H and O–H groups in total. The molecule has 0 amide bonds. The van der Waals surface area contributed by atoms with Crippen LogP contribution in [0.25, 0.3) is 17.1 Å². The lowest BCUT2D eigenvalue weighted by Gasteiger charge is -2.04. The van der Waals surface area contributed by atoms with E-state index in [1.807, 2.05) is 24.3 Å². The number of hydrogen-bond donors (Lipinski definition) is 0. The number of hydrogen-bond acceptors (Lipinski definition) is 8. The summed E-state index contributed by atoms with van der Waals surface area (Å²) in [5, 5.41) is 24.0. The van der Waals surface area contributed by atoms with Crippen molar-refractivity contribution < 1.29 is 4.52 Å². The Balaban J connectivity index is 1.39. The molecule has 0 unspecified atom stereocenters. The molecule has 0 bridgehead atoms. The van der Waals surface area contributed by atoms with Crippen molar-refractivity contribution in [2.45, 2.75) is 38.6 Å². The lowest BCUT2D eigenvalue weighted by molar-refractivity contribution is 0.423. The summed E-state index contributed by atoms with van der Waals surface area (Å²) < 4.78 is 9.23. The number of nitrogens with zero attached hydrogens (tertiary/aromatic N) is 9. The van der Waals surface area contributed by atoms with E-state index in [0.717, 1.165) is 42.3 Å². The van der Waals surface area contributed by atoms with E-state index in [1.165, 1.54) is 19.2 Å². The van der Waals surface area contributed by atoms with Gasteiger partial charge in [0.2, 0.25) is 0 Å². The average Bonchev–Trinajstić information content (AvgIpc) is 3.43. The van der Waals surface area contributed by atoms with Crippen molar-refractivity contribution in [3.63, 3.8) is 0 Å². The zero-order valence-electron chi connectivity index (χ0n) is 14.6. The predicted octanol–water partition coefficient (Wildman–Crippen LogP) is 1.62. The van der Waals surface area contributed by atoms with Crippen LogP contribution < -0.4 is 0 Å². The third kappa shape index (κ3) is 3.09. The summed E-state index contributed by atoms with van der Waals surface area (Å²) in [6.07, 6.45) is 6.57. The van der Waals surface area contributed by atoms with Crippen LogP contribution in [0.15, 0.2) is 35.1 Å². The van der Waals surface area contributed by atoms with Crippen molar-refractivity contribution >= 4 is 0 Å². The summed E-state index contributed by atoms with van der Waals surface area (Å²) in [6.45, 7) is 0.955. The quantitative estimate of drug-likeness (QED) is 0.537. The zero-order valence-corrected chi connectivity index (χ0v) is 14.6. The second kappa shape index (κ2) is 6.71. The Morgan fingerprint density at radius 3 is 3.04 bits per heavy atom. The molecule has 1 aromatic carbocycles. The second-order valence-electron chi connectivity index (χ2n) is 6.49. The van der Waals surface area contributed by atoms with Crippen molar-refractivity contribution in [2.75, 3.05) is 0 Å². The zero-order chi connectivity index (χ0) is 18.1. The third-order valence-corrected chi connectivity index (χ3v) is 4.68. The molecule has 0 saturated heterocycles. The lowest BCUT2D eigenvalue weighted by Crippen LogP contribution is -2.07. The monoisotopic (exact) mass is 363 g/mol. The van der Waals surface area contributed by atoms with Gasteiger partial charge in [0.05, 0.1) is 12.1 Å². The van der Waals surface area contributed by atoms with Crippen molar-refractivity contribution in [3.05, 3.63) is 48.1 Å². The van der Waals surface area contributed by atoms with Gasteiger partial charge in [-0.05, 0) is 41.5 Å². The summed E-state index contributed by atoms with van der Waals surface area (Å²) in [4.78, 5) is 4.53. The fourth-order valence-electron chi connectivity index (χ4n) is 3.32. The smallest absolute Gasteiger partial charge is 0.258 e. The maximum Gasteiger partial charge on any atom is 0.258 e. The average molecular weight is 363 g/mol. The Morgan fingerprint density at radius 1 is 1.11 bits per heavy atom. The molecule has 4 heterocycles. The van der Waals surface area contributed by atoms with Gasteiger partial charge < -0.3 is 9.09 Å². The Bertz CT molecular complexity index is 1050. The minimum absolute atomic E-state index is 0.454. The lowest BCUT2D eigenvalue weighted by atomic mass is 10.2. The van der Waals surface area contributed by atoms with Gasteiger partial charge in [-0.2, -0.15) is 4.98 Å². The SMILES string of the molecule is c1cc(-c2nc(Cc3nnc4n3CCCCC4)no2)cc(-n2cnnn2)c1. The van der Waals surface area contributed by atoms with Gasteiger partial charge in [0.1, 0.15) is 18.0 Å². The van der Waals surface area contributed by atoms with Crippen LogP contribution in [0.5, 0.6) is 0 Å². The summed E-state index contributed by atoms with van der Waals surface area (Å²) >= 11 is 0. The van der Waals surface area contributed by atoms with Gasteiger partial charge in [0.15, 0.2) is 5.82 Å². The van der Waals surface area contributed by atoms with Crippen LogP contribution in [-0.2, 0) is 19.4 Å². The number of fused-ring (bicyclic) bond motifs is 1. The van der Waals surface area contributed by atoms with Crippen molar-refractivity contribution in [1.29, 1.82) is 0 Å². The molecule has 0 atom stereocenters. The first-order valence-corrected chi connectivity index (χ1v) is 8.94. The standard InChI is InChI=1S/C17H17N9O/c1-2-7-15-20-21-16(25(15)8-3-1)10-14-19-17(27-22-14)12-5-4-6-13(9-12)26-11-18-23-24-26/h4-6,9,11H,1-3,7-8,10H2. The molecule has 27 heavy (non-hydrogen) atoms.